The summed E-state index contributed by atoms with van der Waals surface area (Å²) in [4.78, 5) is 3.36. The van der Waals surface area contributed by atoms with Crippen molar-refractivity contribution in [2.45, 2.75) is 30.5 Å². The number of hydrogen-bond donors (Lipinski definition) is 4. The van der Waals surface area contributed by atoms with Crippen LogP contribution in [0.4, 0.5) is 18.3 Å². The van der Waals surface area contributed by atoms with Gasteiger partial charge in [0.1, 0.15) is 18.3 Å². The Morgan fingerprint density at radius 3 is 2.65 bits per heavy atom. The van der Waals surface area contributed by atoms with E-state index in [0.29, 0.717) is 0 Å². The van der Waals surface area contributed by atoms with Crippen molar-refractivity contribution in [3.8, 4) is 0 Å². The summed E-state index contributed by atoms with van der Waals surface area (Å²) in [6.45, 7) is -0.523. The van der Waals surface area contributed by atoms with Crippen molar-refractivity contribution in [1.29, 1.82) is 0 Å². The molecule has 1 fully saturated rings. The number of anilines is 1. The number of nitrogens with zero attached hydrogens (tertiary/aromatic N) is 1. The average molecular weight is 314 g/mol. The largest absolute Gasteiger partial charge is 0.434 e. The fourth-order valence-electron chi connectivity index (χ4n) is 1.80. The third-order valence-corrected chi connectivity index (χ3v) is 3.69. The van der Waals surface area contributed by atoms with E-state index in [1.54, 1.807) is 0 Å². The summed E-state index contributed by atoms with van der Waals surface area (Å²) < 4.78 is 42.3. The molecule has 10 heteroatoms. The molecule has 0 spiro atoms. The molecule has 1 saturated heterocycles. The number of nitrogens with one attached hydrogen (secondary N) is 1. The molecule has 4 atom stereocenters. The van der Waals surface area contributed by atoms with Crippen LogP contribution in [0.25, 0.3) is 0 Å². The summed E-state index contributed by atoms with van der Waals surface area (Å²) in [5.41, 5.74) is -1.02. The van der Waals surface area contributed by atoms with Crippen molar-refractivity contribution in [3.63, 3.8) is 0 Å². The van der Waals surface area contributed by atoms with Crippen LogP contribution >= 0.6 is 11.3 Å². The van der Waals surface area contributed by atoms with Gasteiger partial charge in [0, 0.05) is 5.38 Å². The molecular weight excluding hydrogens is 301 g/mol. The second-order valence-electron chi connectivity index (χ2n) is 4.32. The molecular formula is C10H13F3N2O4S. The van der Waals surface area contributed by atoms with Crippen LogP contribution in [0.2, 0.25) is 0 Å². The van der Waals surface area contributed by atoms with Gasteiger partial charge < -0.3 is 25.4 Å². The van der Waals surface area contributed by atoms with Crippen molar-refractivity contribution >= 4 is 16.5 Å². The zero-order valence-corrected chi connectivity index (χ0v) is 10.9. The molecule has 6 nitrogen and oxygen atoms in total. The Morgan fingerprint density at radius 1 is 1.40 bits per heavy atom. The van der Waals surface area contributed by atoms with Gasteiger partial charge in [0.05, 0.1) is 19.3 Å². The van der Waals surface area contributed by atoms with E-state index in [2.05, 4.69) is 10.3 Å². The standard InChI is InChI=1S/C10H13F3N2O4S/c11-10(12,13)6-3-20-9(15-6)14-4-2-19-5(1-16)8(18)7(4)17/h3-5,7-8,16-18H,1-2H2,(H,14,15)/t4-,5+,7+,8-/m0/s1. The summed E-state index contributed by atoms with van der Waals surface area (Å²) in [5, 5.41) is 31.8. The van der Waals surface area contributed by atoms with E-state index in [1.165, 1.54) is 0 Å². The summed E-state index contributed by atoms with van der Waals surface area (Å²) in [6.07, 6.45) is -8.04. The first-order valence-electron chi connectivity index (χ1n) is 5.70. The zero-order chi connectivity index (χ0) is 14.9. The van der Waals surface area contributed by atoms with E-state index in [-0.39, 0.29) is 11.7 Å². The molecule has 1 aromatic heterocycles. The Bertz CT molecular complexity index is 456. The second kappa shape index (κ2) is 5.82. The molecule has 2 rings (SSSR count). The maximum atomic E-state index is 12.4. The Balaban J connectivity index is 2.02. The lowest BCUT2D eigenvalue weighted by atomic mass is 9.99. The number of halogens is 3. The Morgan fingerprint density at radius 2 is 2.10 bits per heavy atom. The van der Waals surface area contributed by atoms with E-state index in [4.69, 9.17) is 9.84 Å². The van der Waals surface area contributed by atoms with Crippen molar-refractivity contribution < 1.29 is 33.2 Å². The van der Waals surface area contributed by atoms with Gasteiger partial charge in [-0.25, -0.2) is 4.98 Å². The van der Waals surface area contributed by atoms with Crippen molar-refractivity contribution in [3.05, 3.63) is 11.1 Å². The van der Waals surface area contributed by atoms with Gasteiger partial charge in [0.15, 0.2) is 10.8 Å². The normalized spacial score (nSPS) is 31.3. The van der Waals surface area contributed by atoms with Crippen LogP contribution in [0, 0.1) is 0 Å². The Kier molecular flexibility index (Phi) is 4.49. The highest BCUT2D eigenvalue weighted by atomic mass is 32.1. The van der Waals surface area contributed by atoms with Gasteiger partial charge >= 0.3 is 6.18 Å². The Labute approximate surface area is 115 Å². The summed E-state index contributed by atoms with van der Waals surface area (Å²) in [6, 6.07) is -0.806. The molecule has 1 aromatic rings. The van der Waals surface area contributed by atoms with E-state index in [0.717, 1.165) is 16.7 Å². The molecule has 0 aliphatic carbocycles. The smallest absolute Gasteiger partial charge is 0.394 e. The number of alkyl halides is 3. The molecule has 0 unspecified atom stereocenters. The molecule has 0 aromatic carbocycles. The van der Waals surface area contributed by atoms with Gasteiger partial charge in [-0.1, -0.05) is 0 Å². The van der Waals surface area contributed by atoms with Crippen LogP contribution in [-0.4, -0.2) is 57.9 Å². The molecule has 20 heavy (non-hydrogen) atoms. The fourth-order valence-corrected chi connectivity index (χ4v) is 2.58. The SMILES string of the molecule is OC[C@H]1OC[C@H](Nc2nc(C(F)(F)F)cs2)[C@@H](O)[C@H]1O. The first-order valence-corrected chi connectivity index (χ1v) is 6.58. The molecule has 2 heterocycles. The molecule has 1 aliphatic rings. The van der Waals surface area contributed by atoms with Crippen molar-refractivity contribution in [1.82, 2.24) is 4.98 Å². The predicted molar refractivity (Wildman–Crippen MR) is 63.4 cm³/mol. The zero-order valence-electron chi connectivity index (χ0n) is 10.0. The van der Waals surface area contributed by atoms with Crippen LogP contribution < -0.4 is 5.32 Å². The van der Waals surface area contributed by atoms with Crippen molar-refractivity contribution in [2.75, 3.05) is 18.5 Å². The third-order valence-electron chi connectivity index (χ3n) is 2.92. The lowest BCUT2D eigenvalue weighted by Gasteiger charge is -2.37. The minimum atomic E-state index is -4.53. The van der Waals surface area contributed by atoms with Gasteiger partial charge in [-0.2, -0.15) is 13.2 Å². The number of aliphatic hydroxyl groups is 3. The van der Waals surface area contributed by atoms with E-state index < -0.39 is 42.8 Å². The first kappa shape index (κ1) is 15.4. The van der Waals surface area contributed by atoms with Crippen LogP contribution in [0.15, 0.2) is 5.38 Å². The van der Waals surface area contributed by atoms with E-state index in [9.17, 15) is 23.4 Å². The molecule has 0 amide bonds. The highest BCUT2D eigenvalue weighted by Crippen LogP contribution is 2.32. The molecule has 0 bridgehead atoms. The van der Waals surface area contributed by atoms with Crippen LogP contribution in [0.5, 0.6) is 0 Å². The lowest BCUT2D eigenvalue weighted by Crippen LogP contribution is -2.56. The van der Waals surface area contributed by atoms with E-state index >= 15 is 0 Å². The topological polar surface area (TPSA) is 94.8 Å². The van der Waals surface area contributed by atoms with Gasteiger partial charge in [0.2, 0.25) is 0 Å². The molecule has 1 aliphatic heterocycles. The van der Waals surface area contributed by atoms with Crippen molar-refractivity contribution in [2.24, 2.45) is 0 Å². The Hall–Kier alpha value is -0.940. The highest BCUT2D eigenvalue weighted by Gasteiger charge is 2.39. The average Bonchev–Trinajstić information content (AvgIpc) is 2.84. The van der Waals surface area contributed by atoms with Gasteiger partial charge in [-0.15, -0.1) is 11.3 Å². The van der Waals surface area contributed by atoms with Crippen LogP contribution in [0.3, 0.4) is 0 Å². The van der Waals surface area contributed by atoms with Gasteiger partial charge in [-0.05, 0) is 0 Å². The quantitative estimate of drug-likeness (QED) is 0.630. The van der Waals surface area contributed by atoms with Gasteiger partial charge in [-0.3, -0.25) is 0 Å². The number of rotatable bonds is 3. The monoisotopic (exact) mass is 314 g/mol. The number of aliphatic hydroxyl groups excluding tert-OH is 3. The number of hydrogen-bond acceptors (Lipinski definition) is 7. The predicted octanol–water partition coefficient (Wildman–Crippen LogP) is 0.0553. The number of thiazole rings is 1. The highest BCUT2D eigenvalue weighted by molar-refractivity contribution is 7.13. The minimum Gasteiger partial charge on any atom is -0.394 e. The van der Waals surface area contributed by atoms with E-state index in [1.807, 2.05) is 0 Å². The lowest BCUT2D eigenvalue weighted by molar-refractivity contribution is -0.152. The number of ether oxygens (including phenoxy) is 1. The summed E-state index contributed by atoms with van der Waals surface area (Å²) >= 11 is 0.740. The third kappa shape index (κ3) is 3.20. The second-order valence-corrected chi connectivity index (χ2v) is 5.18. The summed E-state index contributed by atoms with van der Waals surface area (Å²) in [5.74, 6) is 0. The number of aromatic nitrogens is 1. The van der Waals surface area contributed by atoms with Crippen LogP contribution in [0.1, 0.15) is 5.69 Å². The van der Waals surface area contributed by atoms with Crippen LogP contribution in [-0.2, 0) is 10.9 Å². The molecule has 0 radical (unpaired) electrons. The summed E-state index contributed by atoms with van der Waals surface area (Å²) in [7, 11) is 0. The maximum Gasteiger partial charge on any atom is 0.434 e. The van der Waals surface area contributed by atoms with Gasteiger partial charge in [0.25, 0.3) is 0 Å². The maximum absolute atomic E-state index is 12.4. The first-order chi connectivity index (χ1) is 9.32. The molecule has 0 saturated carbocycles. The minimum absolute atomic E-state index is 0.0281. The molecule has 4 N–H and O–H groups in total. The fraction of sp³-hybridized carbons (Fsp3) is 0.700. The molecule has 114 valence electrons.